The van der Waals surface area contributed by atoms with Crippen LogP contribution in [0.25, 0.3) is 0 Å². The highest BCUT2D eigenvalue weighted by molar-refractivity contribution is 5.92. The number of aliphatic hydroxyl groups excluding tert-OH is 1. The molecule has 5 nitrogen and oxygen atoms in total. The van der Waals surface area contributed by atoms with Crippen molar-refractivity contribution in [2.75, 3.05) is 19.0 Å². The van der Waals surface area contributed by atoms with E-state index in [2.05, 4.69) is 10.3 Å². The number of ether oxygens (including phenoxy) is 1. The van der Waals surface area contributed by atoms with E-state index in [9.17, 15) is 0 Å². The van der Waals surface area contributed by atoms with Gasteiger partial charge in [-0.25, -0.2) is 0 Å². The summed E-state index contributed by atoms with van der Waals surface area (Å²) in [6.07, 6.45) is 0.802. The van der Waals surface area contributed by atoms with Crippen LogP contribution in [0.2, 0.25) is 0 Å². The number of aliphatic imine (C=N–C) groups is 1. The van der Waals surface area contributed by atoms with Gasteiger partial charge in [-0.05, 0) is 41.8 Å². The van der Waals surface area contributed by atoms with Crippen molar-refractivity contribution in [2.24, 2.45) is 10.7 Å². The summed E-state index contributed by atoms with van der Waals surface area (Å²) in [5.41, 5.74) is 8.81. The van der Waals surface area contributed by atoms with Crippen LogP contribution in [0.15, 0.2) is 53.5 Å². The van der Waals surface area contributed by atoms with Crippen molar-refractivity contribution in [3.05, 3.63) is 59.7 Å². The lowest BCUT2D eigenvalue weighted by atomic mass is 10.1. The highest BCUT2D eigenvalue weighted by Gasteiger charge is 1.97. The van der Waals surface area contributed by atoms with E-state index < -0.39 is 0 Å². The molecule has 0 aromatic heterocycles. The first-order valence-electron chi connectivity index (χ1n) is 7.11. The SMILES string of the molecule is COc1ccc(NC(N)=NCCc2ccc(CO)cc2)cc1. The lowest BCUT2D eigenvalue weighted by Gasteiger charge is -2.07. The highest BCUT2D eigenvalue weighted by Crippen LogP contribution is 2.14. The van der Waals surface area contributed by atoms with Gasteiger partial charge in [0.2, 0.25) is 0 Å². The van der Waals surface area contributed by atoms with Crippen molar-refractivity contribution in [1.29, 1.82) is 0 Å². The first-order chi connectivity index (χ1) is 10.7. The van der Waals surface area contributed by atoms with E-state index in [0.717, 1.165) is 29.0 Å². The maximum absolute atomic E-state index is 9.00. The van der Waals surface area contributed by atoms with E-state index in [0.29, 0.717) is 12.5 Å². The third kappa shape index (κ3) is 4.79. The Labute approximate surface area is 130 Å². The first kappa shape index (κ1) is 15.9. The molecule has 0 aliphatic rings. The molecule has 4 N–H and O–H groups in total. The molecule has 0 fully saturated rings. The monoisotopic (exact) mass is 299 g/mol. The van der Waals surface area contributed by atoms with Crippen LogP contribution in [-0.4, -0.2) is 24.7 Å². The Morgan fingerprint density at radius 3 is 2.32 bits per heavy atom. The van der Waals surface area contributed by atoms with Crippen molar-refractivity contribution in [1.82, 2.24) is 0 Å². The summed E-state index contributed by atoms with van der Waals surface area (Å²) in [6.45, 7) is 0.671. The van der Waals surface area contributed by atoms with Crippen LogP contribution < -0.4 is 15.8 Å². The number of aliphatic hydroxyl groups is 1. The minimum atomic E-state index is 0.0666. The van der Waals surface area contributed by atoms with Crippen LogP contribution in [0.3, 0.4) is 0 Å². The van der Waals surface area contributed by atoms with Crippen molar-refractivity contribution in [2.45, 2.75) is 13.0 Å². The summed E-state index contributed by atoms with van der Waals surface area (Å²) in [5.74, 6) is 1.18. The fraction of sp³-hybridized carbons (Fsp3) is 0.235. The van der Waals surface area contributed by atoms with Gasteiger partial charge in [-0.15, -0.1) is 0 Å². The molecule has 116 valence electrons. The Kier molecular flexibility index (Phi) is 5.80. The fourth-order valence-electron chi connectivity index (χ4n) is 1.98. The number of guanidine groups is 1. The Bertz CT molecular complexity index is 607. The normalized spacial score (nSPS) is 11.3. The molecule has 0 radical (unpaired) electrons. The van der Waals surface area contributed by atoms with Gasteiger partial charge in [0, 0.05) is 12.2 Å². The molecule has 2 aromatic rings. The predicted octanol–water partition coefficient (Wildman–Crippen LogP) is 2.16. The molecule has 0 amide bonds. The van der Waals surface area contributed by atoms with E-state index >= 15 is 0 Å². The molecule has 0 saturated heterocycles. The molecule has 0 unspecified atom stereocenters. The van der Waals surface area contributed by atoms with Gasteiger partial charge in [0.05, 0.1) is 13.7 Å². The van der Waals surface area contributed by atoms with E-state index in [1.165, 1.54) is 0 Å². The van der Waals surface area contributed by atoms with Gasteiger partial charge in [-0.1, -0.05) is 24.3 Å². The number of nitrogens with one attached hydrogen (secondary N) is 1. The standard InChI is InChI=1S/C17H21N3O2/c1-22-16-8-6-15(7-9-16)20-17(18)19-11-10-13-2-4-14(12-21)5-3-13/h2-9,21H,10-12H2,1H3,(H3,18,19,20). The van der Waals surface area contributed by atoms with E-state index in [1.54, 1.807) is 7.11 Å². The highest BCUT2D eigenvalue weighted by atomic mass is 16.5. The summed E-state index contributed by atoms with van der Waals surface area (Å²) in [5, 5.41) is 12.0. The van der Waals surface area contributed by atoms with Crippen LogP contribution in [0.4, 0.5) is 5.69 Å². The molecule has 0 bridgehead atoms. The van der Waals surface area contributed by atoms with Crippen molar-refractivity contribution in [3.8, 4) is 5.75 Å². The van der Waals surface area contributed by atoms with Gasteiger partial charge in [0.1, 0.15) is 5.75 Å². The predicted molar refractivity (Wildman–Crippen MR) is 89.2 cm³/mol. The molecule has 2 aromatic carbocycles. The van der Waals surface area contributed by atoms with Gasteiger partial charge in [-0.3, -0.25) is 4.99 Å². The van der Waals surface area contributed by atoms with E-state index in [4.69, 9.17) is 15.6 Å². The summed E-state index contributed by atoms with van der Waals surface area (Å²) >= 11 is 0. The zero-order valence-electron chi connectivity index (χ0n) is 12.6. The number of hydrogen-bond donors (Lipinski definition) is 3. The molecule has 22 heavy (non-hydrogen) atoms. The number of nitrogens with zero attached hydrogens (tertiary/aromatic N) is 1. The molecule has 2 rings (SSSR count). The lowest BCUT2D eigenvalue weighted by Crippen LogP contribution is -2.23. The molecule has 0 spiro atoms. The second-order valence-electron chi connectivity index (χ2n) is 4.85. The van der Waals surface area contributed by atoms with E-state index in [-0.39, 0.29) is 6.61 Å². The van der Waals surface area contributed by atoms with Crippen LogP contribution >= 0.6 is 0 Å². The van der Waals surface area contributed by atoms with Crippen molar-refractivity contribution in [3.63, 3.8) is 0 Å². The summed E-state index contributed by atoms with van der Waals surface area (Å²) in [6, 6.07) is 15.3. The van der Waals surface area contributed by atoms with Crippen LogP contribution in [0.5, 0.6) is 5.75 Å². The average Bonchev–Trinajstić information content (AvgIpc) is 2.56. The summed E-state index contributed by atoms with van der Waals surface area (Å²) in [4.78, 5) is 4.30. The molecule has 0 aliphatic carbocycles. The Balaban J connectivity index is 1.83. The first-order valence-corrected chi connectivity index (χ1v) is 7.11. The number of nitrogens with two attached hydrogens (primary N) is 1. The Morgan fingerprint density at radius 2 is 1.73 bits per heavy atom. The third-order valence-electron chi connectivity index (χ3n) is 3.25. The summed E-state index contributed by atoms with van der Waals surface area (Å²) in [7, 11) is 1.63. The molecule has 0 atom stereocenters. The molecular formula is C17H21N3O2. The topological polar surface area (TPSA) is 79.9 Å². The maximum atomic E-state index is 9.00. The van der Waals surface area contributed by atoms with Crippen LogP contribution in [0.1, 0.15) is 11.1 Å². The molecule has 0 aliphatic heterocycles. The second kappa shape index (κ2) is 8.05. The van der Waals surface area contributed by atoms with Gasteiger partial charge in [0.25, 0.3) is 0 Å². The lowest BCUT2D eigenvalue weighted by molar-refractivity contribution is 0.282. The zero-order valence-corrected chi connectivity index (χ0v) is 12.6. The third-order valence-corrected chi connectivity index (χ3v) is 3.25. The van der Waals surface area contributed by atoms with Crippen molar-refractivity contribution >= 4 is 11.6 Å². The van der Waals surface area contributed by atoms with Gasteiger partial charge < -0.3 is 20.9 Å². The number of methoxy groups -OCH3 is 1. The number of rotatable bonds is 6. The number of benzene rings is 2. The average molecular weight is 299 g/mol. The number of hydrogen-bond acceptors (Lipinski definition) is 3. The summed E-state index contributed by atoms with van der Waals surface area (Å²) < 4.78 is 5.10. The molecule has 0 saturated carbocycles. The Morgan fingerprint density at radius 1 is 1.09 bits per heavy atom. The fourth-order valence-corrected chi connectivity index (χ4v) is 1.98. The molecular weight excluding hydrogens is 278 g/mol. The van der Waals surface area contributed by atoms with Crippen molar-refractivity contribution < 1.29 is 9.84 Å². The van der Waals surface area contributed by atoms with Gasteiger partial charge in [-0.2, -0.15) is 0 Å². The second-order valence-corrected chi connectivity index (χ2v) is 4.85. The minimum absolute atomic E-state index is 0.0666. The molecule has 0 heterocycles. The van der Waals surface area contributed by atoms with E-state index in [1.807, 2.05) is 48.5 Å². The largest absolute Gasteiger partial charge is 0.497 e. The van der Waals surface area contributed by atoms with Crippen LogP contribution in [0, 0.1) is 0 Å². The number of anilines is 1. The maximum Gasteiger partial charge on any atom is 0.193 e. The Hall–Kier alpha value is -2.53. The smallest absolute Gasteiger partial charge is 0.193 e. The quantitative estimate of drug-likeness (QED) is 0.564. The van der Waals surface area contributed by atoms with Crippen LogP contribution in [-0.2, 0) is 13.0 Å². The minimum Gasteiger partial charge on any atom is -0.497 e. The zero-order chi connectivity index (χ0) is 15.8. The van der Waals surface area contributed by atoms with Gasteiger partial charge >= 0.3 is 0 Å². The molecule has 5 heteroatoms. The van der Waals surface area contributed by atoms with Gasteiger partial charge in [0.15, 0.2) is 5.96 Å².